The Kier molecular flexibility index (Phi) is 4.02. The number of benzene rings is 1. The molecule has 2 amide bonds. The van der Waals surface area contributed by atoms with Crippen LogP contribution in [-0.4, -0.2) is 41.3 Å². The Bertz CT molecular complexity index is 673. The van der Waals surface area contributed by atoms with E-state index in [9.17, 15) is 19.7 Å². The zero-order valence-corrected chi connectivity index (χ0v) is 13.0. The summed E-state index contributed by atoms with van der Waals surface area (Å²) in [5, 5.41) is 11.2. The molecule has 0 aromatic heterocycles. The average molecular weight is 317 g/mol. The number of hydrogen-bond acceptors (Lipinski definition) is 4. The minimum Gasteiger partial charge on any atom is -0.342 e. The Morgan fingerprint density at radius 1 is 1.43 bits per heavy atom. The molecule has 0 spiro atoms. The van der Waals surface area contributed by atoms with Crippen LogP contribution in [0.5, 0.6) is 0 Å². The van der Waals surface area contributed by atoms with Crippen molar-refractivity contribution in [3.05, 3.63) is 33.9 Å². The van der Waals surface area contributed by atoms with Crippen molar-refractivity contribution >= 4 is 23.2 Å². The molecule has 122 valence electrons. The molecule has 23 heavy (non-hydrogen) atoms. The molecule has 0 saturated carbocycles. The van der Waals surface area contributed by atoms with E-state index in [4.69, 9.17) is 0 Å². The quantitative estimate of drug-likeness (QED) is 0.628. The maximum absolute atomic E-state index is 12.8. The topological polar surface area (TPSA) is 83.8 Å². The smallest absolute Gasteiger partial charge is 0.274 e. The van der Waals surface area contributed by atoms with Crippen molar-refractivity contribution in [1.82, 2.24) is 4.90 Å². The molecular weight excluding hydrogens is 298 g/mol. The molecule has 1 aromatic rings. The molecular formula is C16H19N3O4. The highest BCUT2D eigenvalue weighted by Gasteiger charge is 2.38. The maximum atomic E-state index is 12.8. The van der Waals surface area contributed by atoms with Crippen molar-refractivity contribution in [2.45, 2.75) is 26.2 Å². The van der Waals surface area contributed by atoms with Crippen LogP contribution in [-0.2, 0) is 16.0 Å². The molecule has 3 rings (SSSR count). The number of rotatable bonds is 3. The highest BCUT2D eigenvalue weighted by atomic mass is 16.6. The van der Waals surface area contributed by atoms with E-state index in [-0.39, 0.29) is 29.8 Å². The molecule has 7 nitrogen and oxygen atoms in total. The van der Waals surface area contributed by atoms with Gasteiger partial charge < -0.3 is 9.80 Å². The summed E-state index contributed by atoms with van der Waals surface area (Å²) >= 11 is 0. The number of amides is 2. The van der Waals surface area contributed by atoms with Crippen molar-refractivity contribution in [3.8, 4) is 0 Å². The summed E-state index contributed by atoms with van der Waals surface area (Å²) in [6, 6.07) is 4.85. The summed E-state index contributed by atoms with van der Waals surface area (Å²) in [5.41, 5.74) is 1.31. The van der Waals surface area contributed by atoms with Gasteiger partial charge in [0.25, 0.3) is 5.69 Å². The summed E-state index contributed by atoms with van der Waals surface area (Å²) in [6.07, 6.45) is 1.52. The Balaban J connectivity index is 1.89. The lowest BCUT2D eigenvalue weighted by Gasteiger charge is -2.31. The van der Waals surface area contributed by atoms with Gasteiger partial charge in [-0.05, 0) is 25.8 Å². The first kappa shape index (κ1) is 15.5. The zero-order valence-electron chi connectivity index (χ0n) is 13.0. The normalized spacial score (nSPS) is 20.6. The molecule has 2 aliphatic heterocycles. The molecule has 7 heteroatoms. The van der Waals surface area contributed by atoms with Crippen molar-refractivity contribution in [2.24, 2.45) is 5.92 Å². The van der Waals surface area contributed by atoms with Crippen LogP contribution in [0.4, 0.5) is 11.4 Å². The third-order valence-electron chi connectivity index (χ3n) is 4.63. The Morgan fingerprint density at radius 2 is 2.22 bits per heavy atom. The monoisotopic (exact) mass is 317 g/mol. The second-order valence-corrected chi connectivity index (χ2v) is 5.96. The van der Waals surface area contributed by atoms with Crippen molar-refractivity contribution in [2.75, 3.05) is 24.5 Å². The third-order valence-corrected chi connectivity index (χ3v) is 4.63. The van der Waals surface area contributed by atoms with E-state index in [1.54, 1.807) is 21.9 Å². The second-order valence-electron chi connectivity index (χ2n) is 5.96. The fraction of sp³-hybridized carbons (Fsp3) is 0.500. The fourth-order valence-corrected chi connectivity index (χ4v) is 3.47. The van der Waals surface area contributed by atoms with E-state index < -0.39 is 4.92 Å². The van der Waals surface area contributed by atoms with Crippen LogP contribution in [0.15, 0.2) is 18.2 Å². The van der Waals surface area contributed by atoms with E-state index in [0.717, 1.165) is 0 Å². The number of nitro benzene ring substituents is 1. The van der Waals surface area contributed by atoms with Gasteiger partial charge >= 0.3 is 0 Å². The predicted molar refractivity (Wildman–Crippen MR) is 84.1 cm³/mol. The first-order valence-electron chi connectivity index (χ1n) is 7.88. The number of likely N-dealkylation sites (tertiary alicyclic amines) is 1. The van der Waals surface area contributed by atoms with Crippen LogP contribution in [0.3, 0.4) is 0 Å². The first-order valence-corrected chi connectivity index (χ1v) is 7.88. The largest absolute Gasteiger partial charge is 0.342 e. The molecule has 0 N–H and O–H groups in total. The summed E-state index contributed by atoms with van der Waals surface area (Å²) in [5.74, 6) is -0.453. The lowest BCUT2D eigenvalue weighted by Crippen LogP contribution is -2.40. The molecule has 1 fully saturated rings. The summed E-state index contributed by atoms with van der Waals surface area (Å²) in [7, 11) is 0. The van der Waals surface area contributed by atoms with Gasteiger partial charge in [0, 0.05) is 32.1 Å². The SMILES string of the molecule is CCN1C[C@@H](C(=O)N2CCCc3c2cccc3[N+](=O)[O-])CC1=O. The van der Waals surface area contributed by atoms with E-state index in [1.165, 1.54) is 6.07 Å². The van der Waals surface area contributed by atoms with E-state index >= 15 is 0 Å². The van der Waals surface area contributed by atoms with Gasteiger partial charge in [-0.15, -0.1) is 0 Å². The summed E-state index contributed by atoms with van der Waals surface area (Å²) < 4.78 is 0. The minimum atomic E-state index is -0.398. The maximum Gasteiger partial charge on any atom is 0.274 e. The predicted octanol–water partition coefficient (Wildman–Crippen LogP) is 1.74. The highest BCUT2D eigenvalue weighted by molar-refractivity contribution is 6.00. The average Bonchev–Trinajstić information content (AvgIpc) is 2.93. The van der Waals surface area contributed by atoms with Crippen molar-refractivity contribution < 1.29 is 14.5 Å². The summed E-state index contributed by atoms with van der Waals surface area (Å²) in [4.78, 5) is 38.8. The summed E-state index contributed by atoms with van der Waals surface area (Å²) in [6.45, 7) is 3.48. The standard InChI is InChI=1S/C16H19N3O4/c1-2-17-10-11(9-15(17)20)16(21)18-8-4-5-12-13(18)6-3-7-14(12)19(22)23/h3,6-7,11H,2,4-5,8-10H2,1H3/t11-/m0/s1. The van der Waals surface area contributed by atoms with Crippen LogP contribution in [0.1, 0.15) is 25.3 Å². The molecule has 0 unspecified atom stereocenters. The lowest BCUT2D eigenvalue weighted by atomic mass is 9.97. The van der Waals surface area contributed by atoms with Crippen molar-refractivity contribution in [3.63, 3.8) is 0 Å². The second kappa shape index (κ2) is 5.98. The van der Waals surface area contributed by atoms with E-state index in [0.29, 0.717) is 43.7 Å². The Hall–Kier alpha value is -2.44. The van der Waals surface area contributed by atoms with Crippen LogP contribution < -0.4 is 4.90 Å². The van der Waals surface area contributed by atoms with Gasteiger partial charge in [-0.2, -0.15) is 0 Å². The van der Waals surface area contributed by atoms with Gasteiger partial charge in [0.15, 0.2) is 0 Å². The van der Waals surface area contributed by atoms with Crippen molar-refractivity contribution in [1.29, 1.82) is 0 Å². The minimum absolute atomic E-state index is 0.00197. The number of nitrogens with zero attached hydrogens (tertiary/aromatic N) is 3. The van der Waals surface area contributed by atoms with Gasteiger partial charge in [0.1, 0.15) is 0 Å². The molecule has 2 aliphatic rings. The molecule has 2 heterocycles. The number of carbonyl (C=O) groups excluding carboxylic acids is 2. The molecule has 0 radical (unpaired) electrons. The van der Waals surface area contributed by atoms with E-state index in [1.807, 2.05) is 6.92 Å². The fourth-order valence-electron chi connectivity index (χ4n) is 3.47. The molecule has 1 atom stereocenters. The van der Waals surface area contributed by atoms with Crippen LogP contribution in [0, 0.1) is 16.0 Å². The van der Waals surface area contributed by atoms with Gasteiger partial charge in [-0.1, -0.05) is 6.07 Å². The Morgan fingerprint density at radius 3 is 2.87 bits per heavy atom. The van der Waals surface area contributed by atoms with Gasteiger partial charge in [0.05, 0.1) is 22.1 Å². The van der Waals surface area contributed by atoms with Gasteiger partial charge in [-0.3, -0.25) is 19.7 Å². The van der Waals surface area contributed by atoms with Crippen LogP contribution in [0.2, 0.25) is 0 Å². The number of nitro groups is 1. The van der Waals surface area contributed by atoms with Gasteiger partial charge in [-0.25, -0.2) is 0 Å². The molecule has 0 bridgehead atoms. The first-order chi connectivity index (χ1) is 11.0. The molecule has 1 aromatic carbocycles. The number of hydrogen-bond donors (Lipinski definition) is 0. The van der Waals surface area contributed by atoms with Crippen LogP contribution >= 0.6 is 0 Å². The number of carbonyl (C=O) groups is 2. The highest BCUT2D eigenvalue weighted by Crippen LogP contribution is 2.35. The van der Waals surface area contributed by atoms with E-state index in [2.05, 4.69) is 0 Å². The Labute approximate surface area is 134 Å². The number of anilines is 1. The lowest BCUT2D eigenvalue weighted by molar-refractivity contribution is -0.385. The molecule has 1 saturated heterocycles. The van der Waals surface area contributed by atoms with Gasteiger partial charge in [0.2, 0.25) is 11.8 Å². The number of fused-ring (bicyclic) bond motifs is 1. The molecule has 0 aliphatic carbocycles. The zero-order chi connectivity index (χ0) is 16.6. The van der Waals surface area contributed by atoms with Crippen LogP contribution in [0.25, 0.3) is 0 Å². The third kappa shape index (κ3) is 2.67.